The highest BCUT2D eigenvalue weighted by atomic mass is 16.5. The number of carbonyl (C=O) groups excluding carboxylic acids is 2. The van der Waals surface area contributed by atoms with Gasteiger partial charge < -0.3 is 10.1 Å². The number of nitrogens with one attached hydrogen (secondary N) is 1. The van der Waals surface area contributed by atoms with Gasteiger partial charge in [-0.2, -0.15) is 0 Å². The summed E-state index contributed by atoms with van der Waals surface area (Å²) in [7, 11) is 0. The summed E-state index contributed by atoms with van der Waals surface area (Å²) < 4.78 is 5.71. The van der Waals surface area contributed by atoms with Crippen LogP contribution in [0.15, 0.2) is 84.6 Å². The Balaban J connectivity index is 1.79. The second-order valence-corrected chi connectivity index (χ2v) is 7.66. The molecule has 0 radical (unpaired) electrons. The molecule has 0 unspecified atom stereocenters. The number of nitrogens with zero attached hydrogens (tertiary/aromatic N) is 1. The maximum atomic E-state index is 13.5. The van der Waals surface area contributed by atoms with Crippen LogP contribution in [-0.4, -0.2) is 17.9 Å². The van der Waals surface area contributed by atoms with Crippen LogP contribution >= 0.6 is 0 Å². The highest BCUT2D eigenvalue weighted by molar-refractivity contribution is 6.46. The Bertz CT molecular complexity index is 1150. The Hall–Kier alpha value is -3.86. The predicted molar refractivity (Wildman–Crippen MR) is 123 cm³/mol. The molecule has 0 atom stereocenters. The van der Waals surface area contributed by atoms with Crippen molar-refractivity contribution in [1.82, 2.24) is 0 Å². The summed E-state index contributed by atoms with van der Waals surface area (Å²) in [4.78, 5) is 28.2. The molecular weight excluding hydrogens is 388 g/mol. The van der Waals surface area contributed by atoms with E-state index in [1.54, 1.807) is 6.07 Å². The second-order valence-electron chi connectivity index (χ2n) is 7.66. The van der Waals surface area contributed by atoms with Gasteiger partial charge >= 0.3 is 0 Å². The van der Waals surface area contributed by atoms with Gasteiger partial charge in [0.05, 0.1) is 17.4 Å². The minimum Gasteiger partial charge on any atom is -0.491 e. The van der Waals surface area contributed by atoms with E-state index in [0.29, 0.717) is 22.6 Å². The third kappa shape index (κ3) is 4.08. The lowest BCUT2D eigenvalue weighted by molar-refractivity contribution is -0.120. The summed E-state index contributed by atoms with van der Waals surface area (Å²) in [5, 5.41) is 3.17. The van der Waals surface area contributed by atoms with Gasteiger partial charge in [-0.1, -0.05) is 48.5 Å². The Morgan fingerprint density at radius 1 is 0.806 bits per heavy atom. The highest BCUT2D eigenvalue weighted by Crippen LogP contribution is 2.35. The Morgan fingerprint density at radius 2 is 1.45 bits per heavy atom. The number of para-hydroxylation sites is 2. The molecule has 31 heavy (non-hydrogen) atoms. The van der Waals surface area contributed by atoms with Crippen LogP contribution in [0.4, 0.5) is 11.4 Å². The van der Waals surface area contributed by atoms with Crippen molar-refractivity contribution in [2.24, 2.45) is 0 Å². The number of rotatable bonds is 6. The first-order valence-corrected chi connectivity index (χ1v) is 10.2. The minimum atomic E-state index is -0.374. The quantitative estimate of drug-likeness (QED) is 0.567. The molecule has 5 nitrogen and oxygen atoms in total. The normalized spacial score (nSPS) is 13.9. The molecule has 0 fully saturated rings. The third-order valence-electron chi connectivity index (χ3n) is 5.00. The zero-order valence-electron chi connectivity index (χ0n) is 17.8. The lowest BCUT2D eigenvalue weighted by atomic mass is 10.0. The Labute approximate surface area is 182 Å². The SMILES string of the molecule is Cc1ccccc1N1C(=O)C(Nc2ccccc2)=C(c2ccc(OC(C)C)cc2)C1=O. The van der Waals surface area contributed by atoms with E-state index in [4.69, 9.17) is 4.74 Å². The number of amides is 2. The first kappa shape index (κ1) is 20.4. The number of ether oxygens (including phenoxy) is 1. The average Bonchev–Trinajstić information content (AvgIpc) is 2.99. The molecule has 1 aliphatic rings. The molecule has 0 aliphatic carbocycles. The van der Waals surface area contributed by atoms with Gasteiger partial charge in [0.25, 0.3) is 11.8 Å². The largest absolute Gasteiger partial charge is 0.491 e. The molecule has 0 saturated heterocycles. The van der Waals surface area contributed by atoms with Gasteiger partial charge in [0, 0.05) is 5.69 Å². The number of imide groups is 1. The molecule has 2 amide bonds. The fourth-order valence-corrected chi connectivity index (χ4v) is 3.58. The predicted octanol–water partition coefficient (Wildman–Crippen LogP) is 5.18. The number of aryl methyl sites for hydroxylation is 1. The first-order valence-electron chi connectivity index (χ1n) is 10.2. The van der Waals surface area contributed by atoms with Crippen molar-refractivity contribution >= 4 is 28.8 Å². The van der Waals surface area contributed by atoms with Gasteiger partial charge in [0.2, 0.25) is 0 Å². The minimum absolute atomic E-state index is 0.0478. The van der Waals surface area contributed by atoms with E-state index in [9.17, 15) is 9.59 Å². The smallest absolute Gasteiger partial charge is 0.282 e. The highest BCUT2D eigenvalue weighted by Gasteiger charge is 2.40. The number of hydrogen-bond acceptors (Lipinski definition) is 4. The zero-order valence-corrected chi connectivity index (χ0v) is 17.8. The van der Waals surface area contributed by atoms with Crippen LogP contribution in [0.3, 0.4) is 0 Å². The van der Waals surface area contributed by atoms with Crippen LogP contribution < -0.4 is 15.0 Å². The van der Waals surface area contributed by atoms with Gasteiger partial charge in [0.1, 0.15) is 11.4 Å². The number of carbonyl (C=O) groups is 2. The van der Waals surface area contributed by atoms with Crippen molar-refractivity contribution < 1.29 is 14.3 Å². The summed E-state index contributed by atoms with van der Waals surface area (Å²) >= 11 is 0. The summed E-state index contributed by atoms with van der Waals surface area (Å²) in [6.07, 6.45) is 0.0478. The summed E-state index contributed by atoms with van der Waals surface area (Å²) in [6.45, 7) is 5.80. The van der Waals surface area contributed by atoms with E-state index in [2.05, 4.69) is 5.32 Å². The fraction of sp³-hybridized carbons (Fsp3) is 0.154. The van der Waals surface area contributed by atoms with Crippen molar-refractivity contribution in [3.05, 3.63) is 95.7 Å². The maximum absolute atomic E-state index is 13.5. The molecule has 1 N–H and O–H groups in total. The van der Waals surface area contributed by atoms with E-state index in [-0.39, 0.29) is 23.6 Å². The summed E-state index contributed by atoms with van der Waals surface area (Å²) in [6, 6.07) is 24.0. The molecule has 0 bridgehead atoms. The molecule has 1 heterocycles. The molecule has 3 aromatic rings. The third-order valence-corrected chi connectivity index (χ3v) is 5.00. The standard InChI is InChI=1S/C26H24N2O3/c1-17(2)31-21-15-13-19(14-16-21)23-24(27-20-10-5-4-6-11-20)26(30)28(25(23)29)22-12-8-7-9-18(22)3/h4-17,27H,1-3H3. The molecule has 0 saturated carbocycles. The van der Waals surface area contributed by atoms with Crippen LogP contribution in [0.1, 0.15) is 25.0 Å². The summed E-state index contributed by atoms with van der Waals surface area (Å²) in [5.41, 5.74) is 3.43. The molecule has 0 aromatic heterocycles. The molecule has 4 rings (SSSR count). The van der Waals surface area contributed by atoms with Gasteiger partial charge in [0.15, 0.2) is 0 Å². The van der Waals surface area contributed by atoms with E-state index >= 15 is 0 Å². The van der Waals surface area contributed by atoms with Crippen LogP contribution in [0.25, 0.3) is 5.57 Å². The number of benzene rings is 3. The van der Waals surface area contributed by atoms with Crippen molar-refractivity contribution in [2.45, 2.75) is 26.9 Å². The number of hydrogen-bond donors (Lipinski definition) is 1. The van der Waals surface area contributed by atoms with E-state index in [0.717, 1.165) is 11.3 Å². The second kappa shape index (κ2) is 8.48. The molecule has 1 aliphatic heterocycles. The van der Waals surface area contributed by atoms with Crippen molar-refractivity contribution in [1.29, 1.82) is 0 Å². The van der Waals surface area contributed by atoms with E-state index in [1.165, 1.54) is 4.90 Å². The van der Waals surface area contributed by atoms with Crippen LogP contribution in [0, 0.1) is 6.92 Å². The Morgan fingerprint density at radius 3 is 2.10 bits per heavy atom. The van der Waals surface area contributed by atoms with E-state index < -0.39 is 0 Å². The van der Waals surface area contributed by atoms with Gasteiger partial charge in [-0.25, -0.2) is 4.90 Å². The molecular formula is C26H24N2O3. The lowest BCUT2D eigenvalue weighted by Gasteiger charge is -2.17. The first-order chi connectivity index (χ1) is 15.0. The van der Waals surface area contributed by atoms with Crippen LogP contribution in [-0.2, 0) is 9.59 Å². The van der Waals surface area contributed by atoms with Crippen molar-refractivity contribution in [3.8, 4) is 5.75 Å². The fourth-order valence-electron chi connectivity index (χ4n) is 3.58. The van der Waals surface area contributed by atoms with Crippen molar-refractivity contribution in [2.75, 3.05) is 10.2 Å². The zero-order chi connectivity index (χ0) is 22.0. The number of anilines is 2. The molecule has 5 heteroatoms. The maximum Gasteiger partial charge on any atom is 0.282 e. The Kier molecular flexibility index (Phi) is 5.58. The van der Waals surface area contributed by atoms with Crippen molar-refractivity contribution in [3.63, 3.8) is 0 Å². The van der Waals surface area contributed by atoms with Gasteiger partial charge in [-0.15, -0.1) is 0 Å². The average molecular weight is 412 g/mol. The lowest BCUT2D eigenvalue weighted by Crippen LogP contribution is -2.33. The molecule has 0 spiro atoms. The monoisotopic (exact) mass is 412 g/mol. The molecule has 3 aromatic carbocycles. The van der Waals surface area contributed by atoms with Crippen LogP contribution in [0.2, 0.25) is 0 Å². The topological polar surface area (TPSA) is 58.6 Å². The van der Waals surface area contributed by atoms with Crippen LogP contribution in [0.5, 0.6) is 5.75 Å². The van der Waals surface area contributed by atoms with Gasteiger partial charge in [-0.3, -0.25) is 9.59 Å². The van der Waals surface area contributed by atoms with Gasteiger partial charge in [-0.05, 0) is 62.2 Å². The summed E-state index contributed by atoms with van der Waals surface area (Å²) in [5.74, 6) is -0.0135. The molecule has 156 valence electrons. The van der Waals surface area contributed by atoms with E-state index in [1.807, 2.05) is 93.6 Å².